The number of nitrogens with one attached hydrogen (secondary N) is 1. The van der Waals surface area contributed by atoms with Gasteiger partial charge in [0.25, 0.3) is 5.91 Å². The molecule has 1 unspecified atom stereocenters. The van der Waals surface area contributed by atoms with Crippen molar-refractivity contribution in [1.82, 2.24) is 0 Å². The number of amides is 1. The second-order valence-corrected chi connectivity index (χ2v) is 5.45. The molecule has 1 atom stereocenters. The second-order valence-electron chi connectivity index (χ2n) is 5.45. The Morgan fingerprint density at radius 3 is 2.35 bits per heavy atom. The van der Waals surface area contributed by atoms with Gasteiger partial charge in [-0.1, -0.05) is 26.0 Å². The standard InChI is InChI=1S/C19H23NO3/c1-5-13(2)14-6-8-15(9-7-14)20-19(21)17-11-10-16(22-3)12-18(17)23-4/h6-13H,5H2,1-4H3,(H,20,21). The van der Waals surface area contributed by atoms with E-state index in [-0.39, 0.29) is 5.91 Å². The van der Waals surface area contributed by atoms with E-state index in [0.717, 1.165) is 12.1 Å². The van der Waals surface area contributed by atoms with Crippen LogP contribution < -0.4 is 14.8 Å². The minimum atomic E-state index is -0.208. The third-order valence-electron chi connectivity index (χ3n) is 4.00. The van der Waals surface area contributed by atoms with Crippen LogP contribution in [0.3, 0.4) is 0 Å². The van der Waals surface area contributed by atoms with Crippen LogP contribution in [-0.4, -0.2) is 20.1 Å². The fourth-order valence-electron chi connectivity index (χ4n) is 2.32. The molecule has 0 aliphatic heterocycles. The highest BCUT2D eigenvalue weighted by Crippen LogP contribution is 2.26. The van der Waals surface area contributed by atoms with Crippen LogP contribution in [0, 0.1) is 0 Å². The van der Waals surface area contributed by atoms with Crippen LogP contribution in [-0.2, 0) is 0 Å². The Kier molecular flexibility index (Phi) is 5.63. The van der Waals surface area contributed by atoms with Crippen LogP contribution in [0.4, 0.5) is 5.69 Å². The van der Waals surface area contributed by atoms with E-state index >= 15 is 0 Å². The third kappa shape index (κ3) is 4.03. The molecular weight excluding hydrogens is 290 g/mol. The Hall–Kier alpha value is -2.49. The molecule has 0 heterocycles. The maximum Gasteiger partial charge on any atom is 0.259 e. The monoisotopic (exact) mass is 313 g/mol. The average molecular weight is 313 g/mol. The molecule has 0 fully saturated rings. The highest BCUT2D eigenvalue weighted by atomic mass is 16.5. The zero-order chi connectivity index (χ0) is 16.8. The number of ether oxygens (including phenoxy) is 2. The first-order chi connectivity index (χ1) is 11.1. The number of anilines is 1. The fourth-order valence-corrected chi connectivity index (χ4v) is 2.32. The maximum absolute atomic E-state index is 12.4. The van der Waals surface area contributed by atoms with Crippen molar-refractivity contribution >= 4 is 11.6 Å². The quantitative estimate of drug-likeness (QED) is 0.856. The summed E-state index contributed by atoms with van der Waals surface area (Å²) in [5.74, 6) is 1.44. The van der Waals surface area contributed by atoms with Gasteiger partial charge in [-0.3, -0.25) is 4.79 Å². The van der Waals surface area contributed by atoms with Gasteiger partial charge in [0, 0.05) is 11.8 Å². The van der Waals surface area contributed by atoms with Gasteiger partial charge >= 0.3 is 0 Å². The van der Waals surface area contributed by atoms with Crippen LogP contribution in [0.5, 0.6) is 11.5 Å². The van der Waals surface area contributed by atoms with Crippen LogP contribution in [0.2, 0.25) is 0 Å². The van der Waals surface area contributed by atoms with Crippen molar-refractivity contribution in [2.24, 2.45) is 0 Å². The number of benzene rings is 2. The summed E-state index contributed by atoms with van der Waals surface area (Å²) in [6, 6.07) is 13.1. The van der Waals surface area contributed by atoms with E-state index < -0.39 is 0 Å². The van der Waals surface area contributed by atoms with Crippen LogP contribution in [0.25, 0.3) is 0 Å². The lowest BCUT2D eigenvalue weighted by Gasteiger charge is -2.12. The third-order valence-corrected chi connectivity index (χ3v) is 4.00. The topological polar surface area (TPSA) is 47.6 Å². The SMILES string of the molecule is CCC(C)c1ccc(NC(=O)c2ccc(OC)cc2OC)cc1. The number of hydrogen-bond acceptors (Lipinski definition) is 3. The smallest absolute Gasteiger partial charge is 0.259 e. The van der Waals surface area contributed by atoms with Gasteiger partial charge in [-0.15, -0.1) is 0 Å². The summed E-state index contributed by atoms with van der Waals surface area (Å²) < 4.78 is 10.4. The highest BCUT2D eigenvalue weighted by molar-refractivity contribution is 6.06. The molecule has 0 radical (unpaired) electrons. The number of carbonyl (C=O) groups is 1. The van der Waals surface area contributed by atoms with E-state index in [0.29, 0.717) is 23.0 Å². The molecule has 0 spiro atoms. The van der Waals surface area contributed by atoms with Gasteiger partial charge in [0.05, 0.1) is 19.8 Å². The summed E-state index contributed by atoms with van der Waals surface area (Å²) in [7, 11) is 3.11. The lowest BCUT2D eigenvalue weighted by molar-refractivity contribution is 0.102. The largest absolute Gasteiger partial charge is 0.497 e. The highest BCUT2D eigenvalue weighted by Gasteiger charge is 2.13. The Bertz CT molecular complexity index is 665. The summed E-state index contributed by atoms with van der Waals surface area (Å²) in [6.07, 6.45) is 1.09. The van der Waals surface area contributed by atoms with Crippen molar-refractivity contribution in [2.75, 3.05) is 19.5 Å². The molecular formula is C19H23NO3. The molecule has 0 aromatic heterocycles. The van der Waals surface area contributed by atoms with E-state index in [1.54, 1.807) is 25.3 Å². The summed E-state index contributed by atoms with van der Waals surface area (Å²) in [6.45, 7) is 4.35. The summed E-state index contributed by atoms with van der Waals surface area (Å²) in [5.41, 5.74) is 2.51. The number of carbonyl (C=O) groups excluding carboxylic acids is 1. The molecule has 0 saturated heterocycles. The van der Waals surface area contributed by atoms with E-state index in [2.05, 4.69) is 31.3 Å². The van der Waals surface area contributed by atoms with E-state index in [1.807, 2.05) is 12.1 Å². The predicted octanol–water partition coefficient (Wildman–Crippen LogP) is 4.47. The molecule has 0 aliphatic rings. The molecule has 23 heavy (non-hydrogen) atoms. The Morgan fingerprint density at radius 1 is 1.09 bits per heavy atom. The van der Waals surface area contributed by atoms with E-state index in [4.69, 9.17) is 9.47 Å². The van der Waals surface area contributed by atoms with Crippen molar-refractivity contribution in [2.45, 2.75) is 26.2 Å². The molecule has 4 nitrogen and oxygen atoms in total. The van der Waals surface area contributed by atoms with Gasteiger partial charge in [0.1, 0.15) is 11.5 Å². The molecule has 2 aromatic carbocycles. The second kappa shape index (κ2) is 7.68. The van der Waals surface area contributed by atoms with E-state index in [1.165, 1.54) is 12.7 Å². The molecule has 2 aromatic rings. The molecule has 2 rings (SSSR count). The Morgan fingerprint density at radius 2 is 1.78 bits per heavy atom. The van der Waals surface area contributed by atoms with Crippen molar-refractivity contribution < 1.29 is 14.3 Å². The average Bonchev–Trinajstić information content (AvgIpc) is 2.60. The Labute approximate surface area is 137 Å². The van der Waals surface area contributed by atoms with Gasteiger partial charge < -0.3 is 14.8 Å². The number of rotatable bonds is 6. The molecule has 1 amide bonds. The van der Waals surface area contributed by atoms with Gasteiger partial charge in [-0.2, -0.15) is 0 Å². The first-order valence-electron chi connectivity index (χ1n) is 7.72. The lowest BCUT2D eigenvalue weighted by atomic mass is 9.98. The molecule has 1 N–H and O–H groups in total. The van der Waals surface area contributed by atoms with E-state index in [9.17, 15) is 4.79 Å². The molecule has 4 heteroatoms. The predicted molar refractivity (Wildman–Crippen MR) is 92.6 cm³/mol. The first kappa shape index (κ1) is 16.9. The van der Waals surface area contributed by atoms with Gasteiger partial charge in [0.15, 0.2) is 0 Å². The van der Waals surface area contributed by atoms with Gasteiger partial charge in [0.2, 0.25) is 0 Å². The summed E-state index contributed by atoms with van der Waals surface area (Å²) >= 11 is 0. The van der Waals surface area contributed by atoms with Crippen molar-refractivity contribution in [1.29, 1.82) is 0 Å². The zero-order valence-electron chi connectivity index (χ0n) is 14.1. The molecule has 122 valence electrons. The van der Waals surface area contributed by atoms with Gasteiger partial charge in [-0.25, -0.2) is 0 Å². The van der Waals surface area contributed by atoms with Crippen LogP contribution in [0.15, 0.2) is 42.5 Å². The first-order valence-corrected chi connectivity index (χ1v) is 7.72. The number of methoxy groups -OCH3 is 2. The Balaban J connectivity index is 2.15. The van der Waals surface area contributed by atoms with Crippen LogP contribution in [0.1, 0.15) is 42.1 Å². The lowest BCUT2D eigenvalue weighted by Crippen LogP contribution is -2.13. The van der Waals surface area contributed by atoms with Crippen molar-refractivity contribution in [3.05, 3.63) is 53.6 Å². The van der Waals surface area contributed by atoms with Crippen molar-refractivity contribution in [3.8, 4) is 11.5 Å². The van der Waals surface area contributed by atoms with Gasteiger partial charge in [-0.05, 0) is 42.2 Å². The zero-order valence-corrected chi connectivity index (χ0v) is 14.1. The molecule has 0 aliphatic carbocycles. The fraction of sp³-hybridized carbons (Fsp3) is 0.316. The number of hydrogen-bond donors (Lipinski definition) is 1. The minimum Gasteiger partial charge on any atom is -0.497 e. The summed E-state index contributed by atoms with van der Waals surface area (Å²) in [5, 5.41) is 2.89. The van der Waals surface area contributed by atoms with Crippen LogP contribution >= 0.6 is 0 Å². The molecule has 0 saturated carbocycles. The maximum atomic E-state index is 12.4. The van der Waals surface area contributed by atoms with Crippen molar-refractivity contribution in [3.63, 3.8) is 0 Å². The molecule has 0 bridgehead atoms. The summed E-state index contributed by atoms with van der Waals surface area (Å²) in [4.78, 5) is 12.4. The normalized spacial score (nSPS) is 11.7. The minimum absolute atomic E-state index is 0.208.